The zero-order valence-corrected chi connectivity index (χ0v) is 17.3. The van der Waals surface area contributed by atoms with Gasteiger partial charge >= 0.3 is 6.03 Å². The van der Waals surface area contributed by atoms with Crippen molar-refractivity contribution in [2.45, 2.75) is 19.8 Å². The van der Waals surface area contributed by atoms with Crippen molar-refractivity contribution in [2.24, 2.45) is 0 Å². The van der Waals surface area contributed by atoms with Gasteiger partial charge in [-0.1, -0.05) is 26.0 Å². The van der Waals surface area contributed by atoms with E-state index in [4.69, 9.17) is 9.47 Å². The van der Waals surface area contributed by atoms with E-state index in [0.29, 0.717) is 28.8 Å². The molecule has 2 aromatic carbocycles. The maximum Gasteiger partial charge on any atom is 0.325 e. The van der Waals surface area contributed by atoms with Crippen LogP contribution in [0.5, 0.6) is 11.5 Å². The van der Waals surface area contributed by atoms with Gasteiger partial charge in [-0.25, -0.2) is 9.78 Å². The number of rotatable bonds is 6. The normalized spacial score (nSPS) is 10.6. The zero-order valence-electron chi connectivity index (χ0n) is 17.3. The molecule has 0 fully saturated rings. The van der Waals surface area contributed by atoms with Crippen molar-refractivity contribution in [1.29, 1.82) is 0 Å². The van der Waals surface area contributed by atoms with Crippen molar-refractivity contribution in [1.82, 2.24) is 9.55 Å². The second-order valence-corrected chi connectivity index (χ2v) is 6.85. The summed E-state index contributed by atoms with van der Waals surface area (Å²) in [7, 11) is 3.03. The first-order valence-electron chi connectivity index (χ1n) is 9.41. The highest BCUT2D eigenvalue weighted by Gasteiger charge is 2.12. The molecule has 2 amide bonds. The van der Waals surface area contributed by atoms with Crippen molar-refractivity contribution < 1.29 is 14.3 Å². The third kappa shape index (κ3) is 4.60. The molecule has 0 aliphatic carbocycles. The Labute approximate surface area is 174 Å². The molecule has 30 heavy (non-hydrogen) atoms. The molecule has 0 saturated heterocycles. The number of ether oxygens (including phenoxy) is 2. The number of carbonyl (C=O) groups excluding carboxylic acids is 1. The van der Waals surface area contributed by atoms with E-state index < -0.39 is 11.6 Å². The largest absolute Gasteiger partial charge is 0.493 e. The monoisotopic (exact) mass is 408 g/mol. The standard InChI is InChI=1S/C22H24N4O4/c1-14(2)15-5-8-17(9-6-15)26-12-11-23-20(21(26)27)25-22(28)24-16-7-10-18(29-3)19(13-16)30-4/h5-14H,1-4H3,(H2,23,24,25,28). The summed E-state index contributed by atoms with van der Waals surface area (Å²) >= 11 is 0. The van der Waals surface area contributed by atoms with Crippen LogP contribution in [-0.4, -0.2) is 29.8 Å². The number of hydrogen-bond donors (Lipinski definition) is 2. The van der Waals surface area contributed by atoms with E-state index in [1.165, 1.54) is 30.5 Å². The minimum Gasteiger partial charge on any atom is -0.493 e. The predicted octanol–water partition coefficient (Wildman–Crippen LogP) is 4.02. The molecule has 0 radical (unpaired) electrons. The second kappa shape index (κ2) is 9.13. The summed E-state index contributed by atoms with van der Waals surface area (Å²) in [4.78, 5) is 29.2. The average Bonchev–Trinajstić information content (AvgIpc) is 2.75. The number of nitrogens with zero attached hydrogens (tertiary/aromatic N) is 2. The van der Waals surface area contributed by atoms with Crippen molar-refractivity contribution in [3.63, 3.8) is 0 Å². The third-order valence-corrected chi connectivity index (χ3v) is 4.55. The minimum atomic E-state index is -0.597. The van der Waals surface area contributed by atoms with Gasteiger partial charge in [0, 0.05) is 29.8 Å². The molecular weight excluding hydrogens is 384 g/mol. The lowest BCUT2D eigenvalue weighted by Gasteiger charge is -2.12. The zero-order chi connectivity index (χ0) is 21.7. The van der Waals surface area contributed by atoms with Gasteiger partial charge in [-0.2, -0.15) is 0 Å². The first kappa shape index (κ1) is 20.9. The molecule has 0 saturated carbocycles. The van der Waals surface area contributed by atoms with E-state index in [1.807, 2.05) is 24.3 Å². The van der Waals surface area contributed by atoms with Gasteiger partial charge in [-0.05, 0) is 35.7 Å². The van der Waals surface area contributed by atoms with E-state index in [-0.39, 0.29) is 5.82 Å². The molecule has 0 atom stereocenters. The number of hydrogen-bond acceptors (Lipinski definition) is 5. The molecule has 0 unspecified atom stereocenters. The average molecular weight is 408 g/mol. The molecule has 8 heteroatoms. The van der Waals surface area contributed by atoms with Gasteiger partial charge in [0.25, 0.3) is 5.56 Å². The van der Waals surface area contributed by atoms with Crippen LogP contribution < -0.4 is 25.7 Å². The smallest absolute Gasteiger partial charge is 0.325 e. The van der Waals surface area contributed by atoms with E-state index in [9.17, 15) is 9.59 Å². The predicted molar refractivity (Wildman–Crippen MR) is 116 cm³/mol. The number of carbonyl (C=O) groups is 1. The highest BCUT2D eigenvalue weighted by molar-refractivity contribution is 5.99. The molecule has 0 aliphatic heterocycles. The number of anilines is 2. The molecule has 1 heterocycles. The van der Waals surface area contributed by atoms with Crippen molar-refractivity contribution in [3.8, 4) is 17.2 Å². The molecule has 3 rings (SSSR count). The van der Waals surface area contributed by atoms with Crippen LogP contribution >= 0.6 is 0 Å². The number of nitrogens with one attached hydrogen (secondary N) is 2. The van der Waals surface area contributed by atoms with Gasteiger partial charge in [-0.3, -0.25) is 14.7 Å². The first-order valence-corrected chi connectivity index (χ1v) is 9.41. The molecule has 0 spiro atoms. The minimum absolute atomic E-state index is 0.0802. The van der Waals surface area contributed by atoms with Crippen LogP contribution in [0.15, 0.2) is 59.7 Å². The van der Waals surface area contributed by atoms with E-state index in [1.54, 1.807) is 24.4 Å². The summed E-state index contributed by atoms with van der Waals surface area (Å²) in [5.74, 6) is 1.33. The lowest BCUT2D eigenvalue weighted by Crippen LogP contribution is -2.28. The van der Waals surface area contributed by atoms with Gasteiger partial charge in [0.2, 0.25) is 5.82 Å². The second-order valence-electron chi connectivity index (χ2n) is 6.85. The molecular formula is C22H24N4O4. The topological polar surface area (TPSA) is 94.5 Å². The van der Waals surface area contributed by atoms with Crippen LogP contribution in [0.3, 0.4) is 0 Å². The van der Waals surface area contributed by atoms with Gasteiger partial charge in [0.05, 0.1) is 14.2 Å². The Hall–Kier alpha value is -3.81. The van der Waals surface area contributed by atoms with Crippen LogP contribution in [0.2, 0.25) is 0 Å². The van der Waals surface area contributed by atoms with Crippen LogP contribution in [0.25, 0.3) is 5.69 Å². The Kier molecular flexibility index (Phi) is 6.36. The molecule has 0 bridgehead atoms. The number of methoxy groups -OCH3 is 2. The first-order chi connectivity index (χ1) is 14.4. The molecule has 2 N–H and O–H groups in total. The van der Waals surface area contributed by atoms with Crippen LogP contribution in [0, 0.1) is 0 Å². The van der Waals surface area contributed by atoms with E-state index >= 15 is 0 Å². The fraction of sp³-hybridized carbons (Fsp3) is 0.227. The molecule has 0 aliphatic rings. The quantitative estimate of drug-likeness (QED) is 0.642. The number of amides is 2. The maximum atomic E-state index is 12.8. The molecule has 3 aromatic rings. The lowest BCUT2D eigenvalue weighted by atomic mass is 10.0. The van der Waals surface area contributed by atoms with Gasteiger partial charge in [0.15, 0.2) is 11.5 Å². The summed E-state index contributed by atoms with van der Waals surface area (Å²) in [6.45, 7) is 4.21. The van der Waals surface area contributed by atoms with Crippen LogP contribution in [0.1, 0.15) is 25.3 Å². The summed E-state index contributed by atoms with van der Waals surface area (Å²) in [5, 5.41) is 5.15. The number of benzene rings is 2. The van der Waals surface area contributed by atoms with Gasteiger partial charge in [-0.15, -0.1) is 0 Å². The lowest BCUT2D eigenvalue weighted by molar-refractivity contribution is 0.262. The summed E-state index contributed by atoms with van der Waals surface area (Å²) in [5.41, 5.74) is 1.91. The summed E-state index contributed by atoms with van der Waals surface area (Å²) in [6.07, 6.45) is 3.02. The fourth-order valence-corrected chi connectivity index (χ4v) is 2.90. The van der Waals surface area contributed by atoms with Crippen molar-refractivity contribution in [3.05, 3.63) is 70.8 Å². The van der Waals surface area contributed by atoms with E-state index in [0.717, 1.165) is 0 Å². The fourth-order valence-electron chi connectivity index (χ4n) is 2.90. The van der Waals surface area contributed by atoms with Crippen LogP contribution in [0.4, 0.5) is 16.3 Å². The number of urea groups is 1. The highest BCUT2D eigenvalue weighted by atomic mass is 16.5. The van der Waals surface area contributed by atoms with Crippen molar-refractivity contribution >= 4 is 17.5 Å². The Morgan fingerprint density at radius 1 is 1.00 bits per heavy atom. The van der Waals surface area contributed by atoms with Gasteiger partial charge < -0.3 is 14.8 Å². The van der Waals surface area contributed by atoms with E-state index in [2.05, 4.69) is 29.5 Å². The highest BCUT2D eigenvalue weighted by Crippen LogP contribution is 2.29. The number of aromatic nitrogens is 2. The van der Waals surface area contributed by atoms with Gasteiger partial charge in [0.1, 0.15) is 0 Å². The Morgan fingerprint density at radius 2 is 1.70 bits per heavy atom. The summed E-state index contributed by atoms with van der Waals surface area (Å²) in [6, 6.07) is 12.0. The Morgan fingerprint density at radius 3 is 2.33 bits per heavy atom. The van der Waals surface area contributed by atoms with Crippen molar-refractivity contribution in [2.75, 3.05) is 24.9 Å². The maximum absolute atomic E-state index is 12.8. The Bertz CT molecular complexity index is 1090. The molecule has 1 aromatic heterocycles. The molecule has 156 valence electrons. The SMILES string of the molecule is COc1ccc(NC(=O)Nc2nccn(-c3ccc(C(C)C)cc3)c2=O)cc1OC. The Balaban J connectivity index is 1.78. The molecule has 8 nitrogen and oxygen atoms in total. The van der Waals surface area contributed by atoms with Crippen LogP contribution in [-0.2, 0) is 0 Å². The third-order valence-electron chi connectivity index (χ3n) is 4.55. The summed E-state index contributed by atoms with van der Waals surface area (Å²) < 4.78 is 11.8.